The fourth-order valence-electron chi connectivity index (χ4n) is 1.58. The number of esters is 1. The lowest BCUT2D eigenvalue weighted by Gasteiger charge is -2.03. The Hall–Kier alpha value is -2.15. The smallest absolute Gasteiger partial charge is 0.307 e. The van der Waals surface area contributed by atoms with Crippen LogP contribution < -0.4 is 11.1 Å². The number of amides is 1. The van der Waals surface area contributed by atoms with Crippen LogP contribution in [-0.2, 0) is 9.53 Å². The predicted molar refractivity (Wildman–Crippen MR) is 73.0 cm³/mol. The highest BCUT2D eigenvalue weighted by Crippen LogP contribution is 2.31. The molecule has 2 rings (SSSR count). The van der Waals surface area contributed by atoms with E-state index in [2.05, 4.69) is 15.0 Å². The molecule has 2 aromatic heterocycles. The van der Waals surface area contributed by atoms with Gasteiger partial charge < -0.3 is 15.8 Å². The third-order valence-electron chi connectivity index (χ3n) is 2.55. The van der Waals surface area contributed by atoms with Crippen LogP contribution in [0.15, 0.2) is 18.3 Å². The molecule has 3 N–H and O–H groups in total. The first-order chi connectivity index (χ1) is 9.13. The summed E-state index contributed by atoms with van der Waals surface area (Å²) in [5.41, 5.74) is 6.34. The Balaban J connectivity index is 2.09. The van der Waals surface area contributed by atoms with Crippen molar-refractivity contribution in [2.75, 3.05) is 19.4 Å². The number of hydrogen-bond donors (Lipinski definition) is 2. The van der Waals surface area contributed by atoms with Gasteiger partial charge in [0.2, 0.25) is 0 Å². The molecule has 0 saturated heterocycles. The van der Waals surface area contributed by atoms with Gasteiger partial charge >= 0.3 is 5.97 Å². The molecule has 0 radical (unpaired) electrons. The Morgan fingerprint density at radius 2 is 2.32 bits per heavy atom. The van der Waals surface area contributed by atoms with E-state index in [1.54, 1.807) is 12.3 Å². The fourth-order valence-corrected chi connectivity index (χ4v) is 2.56. The normalized spacial score (nSPS) is 10.4. The summed E-state index contributed by atoms with van der Waals surface area (Å²) in [5, 5.41) is 3.40. The number of nitrogens with two attached hydrogens (primary N) is 1. The number of nitrogens with one attached hydrogen (secondary N) is 1. The van der Waals surface area contributed by atoms with Gasteiger partial charge in [0.15, 0.2) is 0 Å². The number of carbonyl (C=O) groups excluding carboxylic acids is 2. The summed E-state index contributed by atoms with van der Waals surface area (Å²) in [6.45, 7) is 0.215. The van der Waals surface area contributed by atoms with Gasteiger partial charge in [-0.25, -0.2) is 4.98 Å². The van der Waals surface area contributed by atoms with E-state index in [0.29, 0.717) is 10.6 Å². The summed E-state index contributed by atoms with van der Waals surface area (Å²) in [6, 6.07) is 3.59. The minimum Gasteiger partial charge on any atom is -0.469 e. The van der Waals surface area contributed by atoms with Crippen molar-refractivity contribution in [2.45, 2.75) is 6.42 Å². The van der Waals surface area contributed by atoms with Gasteiger partial charge in [0.25, 0.3) is 5.91 Å². The van der Waals surface area contributed by atoms with Crippen LogP contribution in [0.2, 0.25) is 0 Å². The number of nitrogen functional groups attached to an aromatic ring is 1. The molecule has 0 saturated carbocycles. The van der Waals surface area contributed by atoms with Gasteiger partial charge in [-0.1, -0.05) is 0 Å². The van der Waals surface area contributed by atoms with E-state index in [1.165, 1.54) is 18.4 Å². The molecule has 6 nitrogen and oxygen atoms in total. The number of fused-ring (bicyclic) bond motifs is 1. The van der Waals surface area contributed by atoms with Gasteiger partial charge in [-0.05, 0) is 12.1 Å². The van der Waals surface area contributed by atoms with Crippen LogP contribution in [0.4, 0.5) is 5.69 Å². The lowest BCUT2D eigenvalue weighted by molar-refractivity contribution is -0.140. The Labute approximate surface area is 113 Å². The van der Waals surface area contributed by atoms with E-state index in [-0.39, 0.29) is 24.8 Å². The molecule has 0 fully saturated rings. The van der Waals surface area contributed by atoms with Crippen LogP contribution >= 0.6 is 11.3 Å². The van der Waals surface area contributed by atoms with E-state index in [4.69, 9.17) is 5.73 Å². The molecule has 2 aromatic rings. The zero-order valence-electron chi connectivity index (χ0n) is 10.3. The van der Waals surface area contributed by atoms with Gasteiger partial charge in [0, 0.05) is 18.1 Å². The zero-order chi connectivity index (χ0) is 13.8. The number of aromatic nitrogens is 1. The predicted octanol–water partition coefficient (Wildman–Crippen LogP) is 1.17. The number of methoxy groups -OCH3 is 1. The Kier molecular flexibility index (Phi) is 3.96. The van der Waals surface area contributed by atoms with E-state index in [9.17, 15) is 9.59 Å². The second-order valence-corrected chi connectivity index (χ2v) is 4.78. The molecule has 0 aliphatic carbocycles. The summed E-state index contributed by atoms with van der Waals surface area (Å²) < 4.78 is 4.49. The Morgan fingerprint density at radius 1 is 1.53 bits per heavy atom. The first-order valence-electron chi connectivity index (χ1n) is 5.61. The molecule has 0 atom stereocenters. The monoisotopic (exact) mass is 279 g/mol. The number of thiophene rings is 1. The average molecular weight is 279 g/mol. The summed E-state index contributed by atoms with van der Waals surface area (Å²) >= 11 is 1.23. The lowest BCUT2D eigenvalue weighted by Crippen LogP contribution is -2.26. The van der Waals surface area contributed by atoms with Crippen molar-refractivity contribution in [2.24, 2.45) is 0 Å². The molecule has 100 valence electrons. The quantitative estimate of drug-likeness (QED) is 0.819. The second kappa shape index (κ2) is 5.66. The summed E-state index contributed by atoms with van der Waals surface area (Å²) in [4.78, 5) is 28.2. The zero-order valence-corrected chi connectivity index (χ0v) is 11.1. The van der Waals surface area contributed by atoms with Crippen molar-refractivity contribution in [1.29, 1.82) is 0 Å². The van der Waals surface area contributed by atoms with E-state index in [1.807, 2.05) is 6.07 Å². The standard InChI is InChI=1S/C12H13N3O3S/c1-18-8(16)4-6-14-11(17)10-9(13)7-3-2-5-15-12(7)19-10/h2-3,5H,4,6,13H2,1H3,(H,14,17). The molecule has 0 aromatic carbocycles. The topological polar surface area (TPSA) is 94.3 Å². The molecule has 2 heterocycles. The first kappa shape index (κ1) is 13.3. The van der Waals surface area contributed by atoms with Crippen LogP contribution in [-0.4, -0.2) is 30.5 Å². The fraction of sp³-hybridized carbons (Fsp3) is 0.250. The van der Waals surface area contributed by atoms with Crippen molar-refractivity contribution in [1.82, 2.24) is 10.3 Å². The molecule has 7 heteroatoms. The molecular formula is C12H13N3O3S. The number of ether oxygens (including phenoxy) is 1. The van der Waals surface area contributed by atoms with Crippen molar-refractivity contribution >= 4 is 39.1 Å². The first-order valence-corrected chi connectivity index (χ1v) is 6.43. The van der Waals surface area contributed by atoms with Gasteiger partial charge in [-0.3, -0.25) is 9.59 Å². The summed E-state index contributed by atoms with van der Waals surface area (Å²) in [7, 11) is 1.31. The maximum atomic E-state index is 11.9. The summed E-state index contributed by atoms with van der Waals surface area (Å²) in [5.74, 6) is -0.671. The minimum atomic E-state index is -0.369. The number of anilines is 1. The van der Waals surface area contributed by atoms with Crippen molar-refractivity contribution < 1.29 is 14.3 Å². The maximum absolute atomic E-state index is 11.9. The highest BCUT2D eigenvalue weighted by molar-refractivity contribution is 7.21. The highest BCUT2D eigenvalue weighted by Gasteiger charge is 2.16. The number of nitrogens with zero attached hydrogens (tertiary/aromatic N) is 1. The number of pyridine rings is 1. The van der Waals surface area contributed by atoms with Crippen molar-refractivity contribution in [3.05, 3.63) is 23.2 Å². The van der Waals surface area contributed by atoms with Gasteiger partial charge in [0.05, 0.1) is 19.2 Å². The molecule has 0 unspecified atom stereocenters. The van der Waals surface area contributed by atoms with Crippen LogP contribution in [0.5, 0.6) is 0 Å². The van der Waals surface area contributed by atoms with Crippen LogP contribution in [0.3, 0.4) is 0 Å². The summed E-state index contributed by atoms with van der Waals surface area (Å²) in [6.07, 6.45) is 1.78. The lowest BCUT2D eigenvalue weighted by atomic mass is 10.2. The van der Waals surface area contributed by atoms with E-state index >= 15 is 0 Å². The molecular weight excluding hydrogens is 266 g/mol. The van der Waals surface area contributed by atoms with Crippen LogP contribution in [0, 0.1) is 0 Å². The molecule has 1 amide bonds. The van der Waals surface area contributed by atoms with Gasteiger partial charge in [0.1, 0.15) is 9.71 Å². The third kappa shape index (κ3) is 2.82. The van der Waals surface area contributed by atoms with Gasteiger partial charge in [-0.2, -0.15) is 0 Å². The van der Waals surface area contributed by atoms with Crippen molar-refractivity contribution in [3.63, 3.8) is 0 Å². The minimum absolute atomic E-state index is 0.130. The molecule has 19 heavy (non-hydrogen) atoms. The molecule has 0 aliphatic rings. The Morgan fingerprint density at radius 3 is 3.00 bits per heavy atom. The number of hydrogen-bond acceptors (Lipinski definition) is 6. The molecule has 0 spiro atoms. The van der Waals surface area contributed by atoms with Gasteiger partial charge in [-0.15, -0.1) is 11.3 Å². The molecule has 0 aliphatic heterocycles. The maximum Gasteiger partial charge on any atom is 0.307 e. The number of rotatable bonds is 4. The van der Waals surface area contributed by atoms with Crippen molar-refractivity contribution in [3.8, 4) is 0 Å². The van der Waals surface area contributed by atoms with E-state index in [0.717, 1.165) is 10.2 Å². The van der Waals surface area contributed by atoms with E-state index < -0.39 is 0 Å². The second-order valence-electron chi connectivity index (χ2n) is 3.78. The largest absolute Gasteiger partial charge is 0.469 e. The average Bonchev–Trinajstić information content (AvgIpc) is 2.76. The highest BCUT2D eigenvalue weighted by atomic mass is 32.1. The molecule has 0 bridgehead atoms. The number of carbonyl (C=O) groups is 2. The van der Waals surface area contributed by atoms with Crippen LogP contribution in [0.1, 0.15) is 16.1 Å². The SMILES string of the molecule is COC(=O)CCNC(=O)c1sc2ncccc2c1N. The third-order valence-corrected chi connectivity index (χ3v) is 3.68. The van der Waals surface area contributed by atoms with Crippen LogP contribution in [0.25, 0.3) is 10.2 Å². The Bertz CT molecular complexity index is 624.